The van der Waals surface area contributed by atoms with Gasteiger partial charge < -0.3 is 20.4 Å². The number of hydrogen-bond acceptors (Lipinski definition) is 5. The topological polar surface area (TPSA) is 60.5 Å². The molecule has 2 N–H and O–H groups in total. The number of amides is 1. The summed E-state index contributed by atoms with van der Waals surface area (Å²) in [6, 6.07) is 4.03. The zero-order valence-corrected chi connectivity index (χ0v) is 12.9. The minimum absolute atomic E-state index is 0.0716. The number of hydrogen-bond donors (Lipinski definition) is 2. The van der Waals surface area contributed by atoms with Crippen LogP contribution in [0.1, 0.15) is 12.0 Å². The molecular formula is C15H25N5O. The molecule has 6 heteroatoms. The van der Waals surface area contributed by atoms with Crippen molar-refractivity contribution in [2.24, 2.45) is 0 Å². The Kier molecular flexibility index (Phi) is 5.95. The Labute approximate surface area is 126 Å². The molecule has 1 fully saturated rings. The van der Waals surface area contributed by atoms with E-state index in [9.17, 15) is 4.79 Å². The number of pyridine rings is 1. The van der Waals surface area contributed by atoms with Gasteiger partial charge in [0, 0.05) is 51.9 Å². The van der Waals surface area contributed by atoms with Crippen LogP contribution in [0.4, 0.5) is 5.82 Å². The molecule has 1 aliphatic rings. The average molecular weight is 291 g/mol. The molecule has 1 amide bonds. The standard InChI is InChI=1S/C15H25N5O/c1-16-5-4-15(21)18-12-13-3-6-17-14(11-13)20-9-7-19(2)8-10-20/h3,6,11,16H,4-5,7-10,12H2,1-2H3,(H,18,21). The van der Waals surface area contributed by atoms with Gasteiger partial charge in [-0.2, -0.15) is 0 Å². The molecule has 1 aromatic rings. The maximum atomic E-state index is 11.6. The molecule has 0 unspecified atom stereocenters. The van der Waals surface area contributed by atoms with Gasteiger partial charge in [-0.15, -0.1) is 0 Å². The van der Waals surface area contributed by atoms with Gasteiger partial charge in [0.15, 0.2) is 0 Å². The van der Waals surface area contributed by atoms with E-state index >= 15 is 0 Å². The van der Waals surface area contributed by atoms with Crippen molar-refractivity contribution in [3.63, 3.8) is 0 Å². The lowest BCUT2D eigenvalue weighted by Gasteiger charge is -2.33. The molecule has 0 aliphatic carbocycles. The van der Waals surface area contributed by atoms with Crippen LogP contribution in [0.5, 0.6) is 0 Å². The predicted molar refractivity (Wildman–Crippen MR) is 84.3 cm³/mol. The zero-order chi connectivity index (χ0) is 15.1. The van der Waals surface area contributed by atoms with E-state index in [1.165, 1.54) is 0 Å². The Morgan fingerprint density at radius 3 is 2.81 bits per heavy atom. The van der Waals surface area contributed by atoms with Crippen LogP contribution in [0.25, 0.3) is 0 Å². The van der Waals surface area contributed by atoms with Gasteiger partial charge >= 0.3 is 0 Å². The molecule has 0 bridgehead atoms. The molecule has 0 spiro atoms. The lowest BCUT2D eigenvalue weighted by molar-refractivity contribution is -0.121. The fraction of sp³-hybridized carbons (Fsp3) is 0.600. The molecule has 2 rings (SSSR count). The van der Waals surface area contributed by atoms with Crippen LogP contribution in [0.15, 0.2) is 18.3 Å². The van der Waals surface area contributed by atoms with Gasteiger partial charge in [0.25, 0.3) is 0 Å². The molecule has 0 aromatic carbocycles. The summed E-state index contributed by atoms with van der Waals surface area (Å²) < 4.78 is 0. The van der Waals surface area contributed by atoms with Crippen molar-refractivity contribution >= 4 is 11.7 Å². The Morgan fingerprint density at radius 2 is 2.10 bits per heavy atom. The molecule has 1 aromatic heterocycles. The van der Waals surface area contributed by atoms with E-state index in [-0.39, 0.29) is 5.91 Å². The number of rotatable bonds is 6. The van der Waals surface area contributed by atoms with Crippen LogP contribution < -0.4 is 15.5 Å². The van der Waals surface area contributed by atoms with Gasteiger partial charge in [-0.3, -0.25) is 4.79 Å². The summed E-state index contributed by atoms with van der Waals surface area (Å²) in [5.74, 6) is 1.08. The van der Waals surface area contributed by atoms with Crippen LogP contribution >= 0.6 is 0 Å². The number of carbonyl (C=O) groups is 1. The van der Waals surface area contributed by atoms with Crippen molar-refractivity contribution < 1.29 is 4.79 Å². The summed E-state index contributed by atoms with van der Waals surface area (Å²) in [6.07, 6.45) is 2.33. The van der Waals surface area contributed by atoms with E-state index in [0.29, 0.717) is 19.5 Å². The highest BCUT2D eigenvalue weighted by atomic mass is 16.1. The lowest BCUT2D eigenvalue weighted by Crippen LogP contribution is -2.44. The summed E-state index contributed by atoms with van der Waals surface area (Å²) in [4.78, 5) is 20.7. The molecule has 1 aliphatic heterocycles. The predicted octanol–water partition coefficient (Wildman–Crippen LogP) is 0.0591. The molecular weight excluding hydrogens is 266 g/mol. The molecule has 6 nitrogen and oxygen atoms in total. The number of aromatic nitrogens is 1. The number of piperazine rings is 1. The Morgan fingerprint density at radius 1 is 1.33 bits per heavy atom. The van der Waals surface area contributed by atoms with Crippen LogP contribution in [-0.2, 0) is 11.3 Å². The average Bonchev–Trinajstić information content (AvgIpc) is 2.52. The highest BCUT2D eigenvalue weighted by Crippen LogP contribution is 2.14. The van der Waals surface area contributed by atoms with E-state index in [2.05, 4.69) is 38.5 Å². The van der Waals surface area contributed by atoms with Crippen LogP contribution in [0, 0.1) is 0 Å². The third-order valence-electron chi connectivity index (χ3n) is 3.73. The van der Waals surface area contributed by atoms with E-state index in [1.807, 2.05) is 19.3 Å². The maximum absolute atomic E-state index is 11.6. The fourth-order valence-corrected chi connectivity index (χ4v) is 2.31. The molecule has 1 saturated heterocycles. The van der Waals surface area contributed by atoms with Gasteiger partial charge in [-0.05, 0) is 31.8 Å². The minimum Gasteiger partial charge on any atom is -0.354 e. The smallest absolute Gasteiger partial charge is 0.221 e. The summed E-state index contributed by atoms with van der Waals surface area (Å²) in [6.45, 7) is 5.39. The van der Waals surface area contributed by atoms with E-state index in [4.69, 9.17) is 0 Å². The first-order valence-electron chi connectivity index (χ1n) is 7.49. The van der Waals surface area contributed by atoms with Crippen LogP contribution in [-0.4, -0.2) is 62.6 Å². The summed E-state index contributed by atoms with van der Waals surface area (Å²) in [7, 11) is 3.99. The van der Waals surface area contributed by atoms with Crippen molar-refractivity contribution in [3.05, 3.63) is 23.9 Å². The third-order valence-corrected chi connectivity index (χ3v) is 3.73. The molecule has 21 heavy (non-hydrogen) atoms. The SMILES string of the molecule is CNCCC(=O)NCc1ccnc(N2CCN(C)CC2)c1. The number of nitrogens with zero attached hydrogens (tertiary/aromatic N) is 3. The van der Waals surface area contributed by atoms with Crippen molar-refractivity contribution in [3.8, 4) is 0 Å². The van der Waals surface area contributed by atoms with Crippen molar-refractivity contribution in [2.75, 3.05) is 51.7 Å². The number of anilines is 1. The highest BCUT2D eigenvalue weighted by Gasteiger charge is 2.15. The van der Waals surface area contributed by atoms with Crippen LogP contribution in [0.3, 0.4) is 0 Å². The van der Waals surface area contributed by atoms with Gasteiger partial charge in [0.05, 0.1) is 0 Å². The third kappa shape index (κ3) is 4.99. The van der Waals surface area contributed by atoms with E-state index in [0.717, 1.165) is 37.6 Å². The number of likely N-dealkylation sites (N-methyl/N-ethyl adjacent to an activating group) is 1. The Balaban J connectivity index is 1.87. The molecule has 0 atom stereocenters. The number of carbonyl (C=O) groups excluding carboxylic acids is 1. The second-order valence-corrected chi connectivity index (χ2v) is 5.44. The lowest BCUT2D eigenvalue weighted by atomic mass is 10.2. The molecule has 2 heterocycles. The maximum Gasteiger partial charge on any atom is 0.221 e. The normalized spacial score (nSPS) is 16.0. The minimum atomic E-state index is 0.0716. The second kappa shape index (κ2) is 7.95. The number of nitrogens with one attached hydrogen (secondary N) is 2. The first-order chi connectivity index (χ1) is 10.2. The van der Waals surface area contributed by atoms with Crippen molar-refractivity contribution in [1.29, 1.82) is 0 Å². The second-order valence-electron chi connectivity index (χ2n) is 5.44. The fourth-order valence-electron chi connectivity index (χ4n) is 2.31. The molecule has 0 saturated carbocycles. The van der Waals surface area contributed by atoms with Crippen molar-refractivity contribution in [2.45, 2.75) is 13.0 Å². The Bertz CT molecular complexity index is 457. The summed E-state index contributed by atoms with van der Waals surface area (Å²) in [5.41, 5.74) is 1.09. The van der Waals surface area contributed by atoms with Crippen LogP contribution in [0.2, 0.25) is 0 Å². The summed E-state index contributed by atoms with van der Waals surface area (Å²) >= 11 is 0. The largest absolute Gasteiger partial charge is 0.354 e. The van der Waals surface area contributed by atoms with E-state index < -0.39 is 0 Å². The monoisotopic (exact) mass is 291 g/mol. The molecule has 0 radical (unpaired) electrons. The molecule has 116 valence electrons. The van der Waals surface area contributed by atoms with Gasteiger partial charge in [-0.1, -0.05) is 0 Å². The highest BCUT2D eigenvalue weighted by molar-refractivity contribution is 5.76. The zero-order valence-electron chi connectivity index (χ0n) is 12.9. The van der Waals surface area contributed by atoms with Gasteiger partial charge in [-0.25, -0.2) is 4.98 Å². The first kappa shape index (κ1) is 15.7. The van der Waals surface area contributed by atoms with E-state index in [1.54, 1.807) is 0 Å². The van der Waals surface area contributed by atoms with Gasteiger partial charge in [0.2, 0.25) is 5.91 Å². The summed E-state index contributed by atoms with van der Waals surface area (Å²) in [5, 5.41) is 5.91. The first-order valence-corrected chi connectivity index (χ1v) is 7.49. The Hall–Kier alpha value is -1.66. The van der Waals surface area contributed by atoms with Gasteiger partial charge in [0.1, 0.15) is 5.82 Å². The van der Waals surface area contributed by atoms with Crippen molar-refractivity contribution in [1.82, 2.24) is 20.5 Å². The quantitative estimate of drug-likeness (QED) is 0.776.